The van der Waals surface area contributed by atoms with Crippen LogP contribution in [0.25, 0.3) is 0 Å². The van der Waals surface area contributed by atoms with Crippen LogP contribution in [0.5, 0.6) is 0 Å². The summed E-state index contributed by atoms with van der Waals surface area (Å²) in [6, 6.07) is 7.63. The van der Waals surface area contributed by atoms with E-state index in [0.717, 1.165) is 23.6 Å². The Hall–Kier alpha value is -0.730. The largest absolute Gasteiger partial charge is 0.394 e. The standard InChI is InChI=1S/C12H16ClNO/c1-9-6-12(7-9,8-15)14-11-4-2-3-10(13)5-11/h2-5,9,14-15H,6-8H2,1H3. The van der Waals surface area contributed by atoms with E-state index in [1.807, 2.05) is 24.3 Å². The fraction of sp³-hybridized carbons (Fsp3) is 0.500. The minimum atomic E-state index is -0.121. The highest BCUT2D eigenvalue weighted by atomic mass is 35.5. The number of hydrogen-bond acceptors (Lipinski definition) is 2. The van der Waals surface area contributed by atoms with E-state index < -0.39 is 0 Å². The molecule has 0 amide bonds. The Labute approximate surface area is 95.3 Å². The number of hydrogen-bond donors (Lipinski definition) is 2. The molecule has 3 heteroatoms. The Morgan fingerprint density at radius 2 is 2.27 bits per heavy atom. The molecule has 0 spiro atoms. The first-order valence-electron chi connectivity index (χ1n) is 5.28. The van der Waals surface area contributed by atoms with Crippen LogP contribution in [0.4, 0.5) is 5.69 Å². The van der Waals surface area contributed by atoms with Crippen LogP contribution in [0.2, 0.25) is 5.02 Å². The Balaban J connectivity index is 2.07. The zero-order chi connectivity index (χ0) is 10.9. The Morgan fingerprint density at radius 1 is 1.53 bits per heavy atom. The molecule has 0 bridgehead atoms. The maximum Gasteiger partial charge on any atom is 0.0661 e. The summed E-state index contributed by atoms with van der Waals surface area (Å²) in [5, 5.41) is 13.5. The average Bonchev–Trinajstić information content (AvgIpc) is 2.15. The maximum atomic E-state index is 9.39. The van der Waals surface area contributed by atoms with Gasteiger partial charge in [-0.3, -0.25) is 0 Å². The van der Waals surface area contributed by atoms with Gasteiger partial charge in [0.25, 0.3) is 0 Å². The molecule has 0 saturated heterocycles. The van der Waals surface area contributed by atoms with Gasteiger partial charge in [-0.1, -0.05) is 24.6 Å². The van der Waals surface area contributed by atoms with Gasteiger partial charge in [0, 0.05) is 10.7 Å². The number of benzene rings is 1. The molecule has 0 unspecified atom stereocenters. The molecule has 0 aromatic heterocycles. The zero-order valence-electron chi connectivity index (χ0n) is 8.83. The third-order valence-corrected chi connectivity index (χ3v) is 3.25. The monoisotopic (exact) mass is 225 g/mol. The van der Waals surface area contributed by atoms with Crippen molar-refractivity contribution in [3.05, 3.63) is 29.3 Å². The third kappa shape index (κ3) is 2.27. The van der Waals surface area contributed by atoms with E-state index in [4.69, 9.17) is 11.6 Å². The Morgan fingerprint density at radius 3 is 2.80 bits per heavy atom. The topological polar surface area (TPSA) is 32.3 Å². The summed E-state index contributed by atoms with van der Waals surface area (Å²) in [6.07, 6.45) is 2.05. The van der Waals surface area contributed by atoms with Crippen molar-refractivity contribution in [3.63, 3.8) is 0 Å². The molecule has 0 heterocycles. The first-order chi connectivity index (χ1) is 7.13. The van der Waals surface area contributed by atoms with Gasteiger partial charge in [-0.05, 0) is 37.0 Å². The molecule has 0 radical (unpaired) electrons. The molecule has 1 aliphatic carbocycles. The highest BCUT2D eigenvalue weighted by Gasteiger charge is 2.41. The molecule has 0 atom stereocenters. The van der Waals surface area contributed by atoms with E-state index >= 15 is 0 Å². The Kier molecular flexibility index (Phi) is 2.89. The van der Waals surface area contributed by atoms with Crippen molar-refractivity contribution in [2.75, 3.05) is 11.9 Å². The summed E-state index contributed by atoms with van der Waals surface area (Å²) in [4.78, 5) is 0. The molecule has 2 rings (SSSR count). The van der Waals surface area contributed by atoms with Gasteiger partial charge in [-0.25, -0.2) is 0 Å². The fourth-order valence-corrected chi connectivity index (χ4v) is 2.61. The highest BCUT2D eigenvalue weighted by molar-refractivity contribution is 6.30. The van der Waals surface area contributed by atoms with Crippen LogP contribution in [0.3, 0.4) is 0 Å². The summed E-state index contributed by atoms with van der Waals surface area (Å²) in [5.41, 5.74) is 0.868. The van der Waals surface area contributed by atoms with Gasteiger partial charge < -0.3 is 10.4 Å². The lowest BCUT2D eigenvalue weighted by Crippen LogP contribution is -2.52. The van der Waals surface area contributed by atoms with Crippen LogP contribution >= 0.6 is 11.6 Å². The minimum Gasteiger partial charge on any atom is -0.394 e. The summed E-state index contributed by atoms with van der Waals surface area (Å²) >= 11 is 5.90. The third-order valence-electron chi connectivity index (χ3n) is 3.02. The molecule has 2 nitrogen and oxygen atoms in total. The van der Waals surface area contributed by atoms with Gasteiger partial charge >= 0.3 is 0 Å². The lowest BCUT2D eigenvalue weighted by atomic mass is 9.69. The predicted molar refractivity (Wildman–Crippen MR) is 63.3 cm³/mol. The smallest absolute Gasteiger partial charge is 0.0661 e. The van der Waals surface area contributed by atoms with Crippen molar-refractivity contribution < 1.29 is 5.11 Å². The molecule has 82 valence electrons. The summed E-state index contributed by atoms with van der Waals surface area (Å²) in [6.45, 7) is 2.39. The van der Waals surface area contributed by atoms with Gasteiger partial charge in [-0.15, -0.1) is 0 Å². The van der Waals surface area contributed by atoms with E-state index in [1.165, 1.54) is 0 Å². The van der Waals surface area contributed by atoms with Crippen LogP contribution in [-0.2, 0) is 0 Å². The Bertz CT molecular complexity index is 347. The predicted octanol–water partition coefficient (Wildman–Crippen LogP) is 2.91. The number of aliphatic hydroxyl groups excluding tert-OH is 1. The molecule has 1 aromatic rings. The van der Waals surface area contributed by atoms with Gasteiger partial charge in [0.05, 0.1) is 12.1 Å². The quantitative estimate of drug-likeness (QED) is 0.829. The van der Waals surface area contributed by atoms with Crippen molar-refractivity contribution in [2.45, 2.75) is 25.3 Å². The molecule has 1 saturated carbocycles. The van der Waals surface area contributed by atoms with Crippen LogP contribution in [0.15, 0.2) is 24.3 Å². The maximum absolute atomic E-state index is 9.39. The average molecular weight is 226 g/mol. The highest BCUT2D eigenvalue weighted by Crippen LogP contribution is 2.39. The first-order valence-corrected chi connectivity index (χ1v) is 5.66. The van der Waals surface area contributed by atoms with Crippen LogP contribution in [0.1, 0.15) is 19.8 Å². The van der Waals surface area contributed by atoms with E-state index in [1.54, 1.807) is 0 Å². The molecular weight excluding hydrogens is 210 g/mol. The van der Waals surface area contributed by atoms with Gasteiger partial charge in [0.1, 0.15) is 0 Å². The lowest BCUT2D eigenvalue weighted by Gasteiger charge is -2.46. The van der Waals surface area contributed by atoms with E-state index in [-0.39, 0.29) is 12.1 Å². The van der Waals surface area contributed by atoms with Crippen molar-refractivity contribution in [1.29, 1.82) is 0 Å². The summed E-state index contributed by atoms with van der Waals surface area (Å²) < 4.78 is 0. The van der Waals surface area contributed by atoms with Crippen molar-refractivity contribution >= 4 is 17.3 Å². The van der Waals surface area contributed by atoms with Gasteiger partial charge in [-0.2, -0.15) is 0 Å². The number of rotatable bonds is 3. The molecule has 1 fully saturated rings. The van der Waals surface area contributed by atoms with Gasteiger partial charge in [0.2, 0.25) is 0 Å². The molecule has 2 N–H and O–H groups in total. The summed E-state index contributed by atoms with van der Waals surface area (Å²) in [5.74, 6) is 0.698. The fourth-order valence-electron chi connectivity index (χ4n) is 2.42. The number of anilines is 1. The number of aliphatic hydroxyl groups is 1. The van der Waals surface area contributed by atoms with Gasteiger partial charge in [0.15, 0.2) is 0 Å². The minimum absolute atomic E-state index is 0.121. The lowest BCUT2D eigenvalue weighted by molar-refractivity contribution is 0.0992. The zero-order valence-corrected chi connectivity index (χ0v) is 9.59. The molecule has 1 aromatic carbocycles. The molecule has 0 aliphatic heterocycles. The second kappa shape index (κ2) is 4.03. The van der Waals surface area contributed by atoms with E-state index in [0.29, 0.717) is 5.92 Å². The number of halogens is 1. The van der Waals surface area contributed by atoms with E-state index in [2.05, 4.69) is 12.2 Å². The van der Waals surface area contributed by atoms with Crippen molar-refractivity contribution in [1.82, 2.24) is 0 Å². The van der Waals surface area contributed by atoms with Crippen LogP contribution in [0, 0.1) is 5.92 Å². The van der Waals surface area contributed by atoms with Crippen LogP contribution < -0.4 is 5.32 Å². The van der Waals surface area contributed by atoms with Crippen molar-refractivity contribution in [3.8, 4) is 0 Å². The molecule has 1 aliphatic rings. The second-order valence-electron chi connectivity index (χ2n) is 4.59. The molecule has 15 heavy (non-hydrogen) atoms. The van der Waals surface area contributed by atoms with Crippen molar-refractivity contribution in [2.24, 2.45) is 5.92 Å². The molecular formula is C12H16ClNO. The summed E-state index contributed by atoms with van der Waals surface area (Å²) in [7, 11) is 0. The van der Waals surface area contributed by atoms with Crippen LogP contribution in [-0.4, -0.2) is 17.3 Å². The second-order valence-corrected chi connectivity index (χ2v) is 5.02. The van der Waals surface area contributed by atoms with E-state index in [9.17, 15) is 5.11 Å². The normalized spacial score (nSPS) is 29.7. The SMILES string of the molecule is CC1CC(CO)(Nc2cccc(Cl)c2)C1. The number of nitrogens with one attached hydrogen (secondary N) is 1. The first kappa shape index (κ1) is 10.8.